The van der Waals surface area contributed by atoms with E-state index in [0.717, 1.165) is 25.6 Å². The number of hydrogen-bond donors (Lipinski definition) is 2. The third-order valence-corrected chi connectivity index (χ3v) is 5.05. The Morgan fingerprint density at radius 1 is 1.04 bits per heavy atom. The third kappa shape index (κ3) is 3.80. The first-order chi connectivity index (χ1) is 11.8. The standard InChI is InChI=1S/C19H16Br2N2O2/c1-10-3-4-13(14(20)7-10)16-5-6-17(25-16)19(24)23-18-11(2)8-12(22)9-15(18)21/h3-9H,22H2,1-2H3,(H,23,24). The van der Waals surface area contributed by atoms with Crippen molar-refractivity contribution in [2.24, 2.45) is 0 Å². The van der Waals surface area contributed by atoms with Gasteiger partial charge in [0.15, 0.2) is 5.76 Å². The predicted octanol–water partition coefficient (Wildman–Crippen LogP) is 5.92. The lowest BCUT2D eigenvalue weighted by molar-refractivity contribution is 0.0997. The van der Waals surface area contributed by atoms with E-state index in [4.69, 9.17) is 10.2 Å². The number of nitrogens with one attached hydrogen (secondary N) is 1. The van der Waals surface area contributed by atoms with Gasteiger partial charge in [-0.25, -0.2) is 0 Å². The lowest BCUT2D eigenvalue weighted by atomic mass is 10.1. The fraction of sp³-hybridized carbons (Fsp3) is 0.105. The van der Waals surface area contributed by atoms with Crippen LogP contribution in [0, 0.1) is 13.8 Å². The summed E-state index contributed by atoms with van der Waals surface area (Å²) >= 11 is 6.96. The van der Waals surface area contributed by atoms with E-state index in [2.05, 4.69) is 37.2 Å². The topological polar surface area (TPSA) is 68.3 Å². The predicted molar refractivity (Wildman–Crippen MR) is 108 cm³/mol. The third-order valence-electron chi connectivity index (χ3n) is 3.77. The number of benzene rings is 2. The van der Waals surface area contributed by atoms with Crippen LogP contribution in [0.15, 0.2) is 55.8 Å². The van der Waals surface area contributed by atoms with E-state index >= 15 is 0 Å². The van der Waals surface area contributed by atoms with Gasteiger partial charge in [-0.05, 0) is 77.3 Å². The van der Waals surface area contributed by atoms with Crippen LogP contribution in [0.2, 0.25) is 0 Å². The summed E-state index contributed by atoms with van der Waals surface area (Å²) in [6.07, 6.45) is 0. The van der Waals surface area contributed by atoms with Crippen molar-refractivity contribution in [1.29, 1.82) is 0 Å². The monoisotopic (exact) mass is 462 g/mol. The van der Waals surface area contributed by atoms with E-state index in [1.165, 1.54) is 0 Å². The molecule has 0 atom stereocenters. The van der Waals surface area contributed by atoms with Crippen molar-refractivity contribution in [3.05, 3.63) is 68.3 Å². The summed E-state index contributed by atoms with van der Waals surface area (Å²) in [6, 6.07) is 13.0. The van der Waals surface area contributed by atoms with Gasteiger partial charge >= 0.3 is 0 Å². The first kappa shape index (κ1) is 17.8. The van der Waals surface area contributed by atoms with Crippen molar-refractivity contribution >= 4 is 49.1 Å². The second kappa shape index (κ2) is 7.06. The van der Waals surface area contributed by atoms with Gasteiger partial charge < -0.3 is 15.5 Å². The highest BCUT2D eigenvalue weighted by Gasteiger charge is 2.16. The SMILES string of the molecule is Cc1ccc(-c2ccc(C(=O)Nc3c(C)cc(N)cc3Br)o2)c(Br)c1. The summed E-state index contributed by atoms with van der Waals surface area (Å²) in [5.41, 5.74) is 10.0. The van der Waals surface area contributed by atoms with Crippen LogP contribution in [-0.4, -0.2) is 5.91 Å². The Morgan fingerprint density at radius 3 is 2.48 bits per heavy atom. The van der Waals surface area contributed by atoms with E-state index in [1.54, 1.807) is 24.3 Å². The van der Waals surface area contributed by atoms with Crippen LogP contribution in [-0.2, 0) is 0 Å². The maximum absolute atomic E-state index is 12.5. The highest BCUT2D eigenvalue weighted by molar-refractivity contribution is 9.11. The molecule has 0 unspecified atom stereocenters. The van der Waals surface area contributed by atoms with Crippen molar-refractivity contribution in [3.63, 3.8) is 0 Å². The van der Waals surface area contributed by atoms with Gasteiger partial charge in [-0.15, -0.1) is 0 Å². The van der Waals surface area contributed by atoms with E-state index < -0.39 is 0 Å². The van der Waals surface area contributed by atoms with Crippen LogP contribution in [0.5, 0.6) is 0 Å². The zero-order valence-corrected chi connectivity index (χ0v) is 16.9. The molecule has 0 saturated heterocycles. The number of carbonyl (C=O) groups is 1. The van der Waals surface area contributed by atoms with Crippen LogP contribution in [0.1, 0.15) is 21.7 Å². The number of halogens is 2. The number of carbonyl (C=O) groups excluding carboxylic acids is 1. The summed E-state index contributed by atoms with van der Waals surface area (Å²) in [5.74, 6) is 0.554. The maximum atomic E-state index is 12.5. The van der Waals surface area contributed by atoms with E-state index in [-0.39, 0.29) is 11.7 Å². The molecular weight excluding hydrogens is 448 g/mol. The van der Waals surface area contributed by atoms with Gasteiger partial charge in [0.25, 0.3) is 5.91 Å². The van der Waals surface area contributed by atoms with E-state index in [0.29, 0.717) is 17.1 Å². The molecule has 3 rings (SSSR count). The molecule has 4 nitrogen and oxygen atoms in total. The minimum atomic E-state index is -0.317. The van der Waals surface area contributed by atoms with Gasteiger partial charge in [-0.3, -0.25) is 4.79 Å². The second-order valence-corrected chi connectivity index (χ2v) is 7.50. The molecule has 0 aliphatic heterocycles. The molecule has 0 saturated carbocycles. The van der Waals surface area contributed by atoms with Gasteiger partial charge in [0.05, 0.1) is 5.69 Å². The molecule has 0 radical (unpaired) electrons. The van der Waals surface area contributed by atoms with Gasteiger partial charge in [-0.1, -0.05) is 22.0 Å². The van der Waals surface area contributed by atoms with Crippen LogP contribution < -0.4 is 11.1 Å². The number of furan rings is 1. The summed E-state index contributed by atoms with van der Waals surface area (Å²) in [7, 11) is 0. The van der Waals surface area contributed by atoms with Gasteiger partial charge in [0, 0.05) is 20.2 Å². The molecular formula is C19H16Br2N2O2. The number of aryl methyl sites for hydroxylation is 2. The normalized spacial score (nSPS) is 10.7. The van der Waals surface area contributed by atoms with Gasteiger partial charge in [-0.2, -0.15) is 0 Å². The fourth-order valence-corrected chi connectivity index (χ4v) is 3.89. The van der Waals surface area contributed by atoms with Crippen LogP contribution in [0.4, 0.5) is 11.4 Å². The van der Waals surface area contributed by atoms with Crippen LogP contribution >= 0.6 is 31.9 Å². The van der Waals surface area contributed by atoms with Crippen molar-refractivity contribution in [3.8, 4) is 11.3 Å². The van der Waals surface area contributed by atoms with E-state index in [9.17, 15) is 4.79 Å². The van der Waals surface area contributed by atoms with Gasteiger partial charge in [0.1, 0.15) is 5.76 Å². The molecule has 1 heterocycles. The molecule has 1 aromatic heterocycles. The molecule has 25 heavy (non-hydrogen) atoms. The average molecular weight is 464 g/mol. The Bertz CT molecular complexity index is 941. The number of hydrogen-bond acceptors (Lipinski definition) is 3. The van der Waals surface area contributed by atoms with Crippen molar-refractivity contribution in [2.45, 2.75) is 13.8 Å². The number of nitrogens with two attached hydrogens (primary N) is 1. The molecule has 0 aliphatic carbocycles. The maximum Gasteiger partial charge on any atom is 0.291 e. The first-order valence-electron chi connectivity index (χ1n) is 7.58. The number of anilines is 2. The summed E-state index contributed by atoms with van der Waals surface area (Å²) in [6.45, 7) is 3.90. The second-order valence-electron chi connectivity index (χ2n) is 5.80. The molecule has 0 bridgehead atoms. The average Bonchev–Trinajstić information content (AvgIpc) is 3.00. The Balaban J connectivity index is 1.86. The highest BCUT2D eigenvalue weighted by Crippen LogP contribution is 2.32. The quantitative estimate of drug-likeness (QED) is 0.473. The minimum absolute atomic E-state index is 0.241. The summed E-state index contributed by atoms with van der Waals surface area (Å²) < 4.78 is 7.40. The molecule has 2 aromatic carbocycles. The summed E-state index contributed by atoms with van der Waals surface area (Å²) in [4.78, 5) is 12.5. The molecule has 3 N–H and O–H groups in total. The largest absolute Gasteiger partial charge is 0.451 e. The Kier molecular flexibility index (Phi) is 5.01. The smallest absolute Gasteiger partial charge is 0.291 e. The number of amides is 1. The van der Waals surface area contributed by atoms with Crippen molar-refractivity contribution in [2.75, 3.05) is 11.1 Å². The summed E-state index contributed by atoms with van der Waals surface area (Å²) in [5, 5.41) is 2.86. The molecule has 3 aromatic rings. The molecule has 6 heteroatoms. The van der Waals surface area contributed by atoms with Crippen LogP contribution in [0.3, 0.4) is 0 Å². The Hall–Kier alpha value is -2.05. The number of nitrogen functional groups attached to an aromatic ring is 1. The lowest BCUT2D eigenvalue weighted by Crippen LogP contribution is -2.12. The van der Waals surface area contributed by atoms with Crippen molar-refractivity contribution < 1.29 is 9.21 Å². The molecule has 0 fully saturated rings. The first-order valence-corrected chi connectivity index (χ1v) is 9.17. The zero-order valence-electron chi connectivity index (χ0n) is 13.7. The van der Waals surface area contributed by atoms with Crippen LogP contribution in [0.25, 0.3) is 11.3 Å². The molecule has 1 amide bonds. The fourth-order valence-electron chi connectivity index (χ4n) is 2.53. The number of rotatable bonds is 3. The molecule has 0 aliphatic rings. The lowest BCUT2D eigenvalue weighted by Gasteiger charge is -2.10. The highest BCUT2D eigenvalue weighted by atomic mass is 79.9. The Labute approximate surface area is 162 Å². The molecule has 128 valence electrons. The minimum Gasteiger partial charge on any atom is -0.451 e. The van der Waals surface area contributed by atoms with Gasteiger partial charge in [0.2, 0.25) is 0 Å². The van der Waals surface area contributed by atoms with Crippen molar-refractivity contribution in [1.82, 2.24) is 0 Å². The Morgan fingerprint density at radius 2 is 1.80 bits per heavy atom. The molecule has 0 spiro atoms. The van der Waals surface area contributed by atoms with E-state index in [1.807, 2.05) is 32.0 Å². The zero-order chi connectivity index (χ0) is 18.1.